The Morgan fingerprint density at radius 3 is 2.55 bits per heavy atom. The summed E-state index contributed by atoms with van der Waals surface area (Å²) in [6.07, 6.45) is 0.836. The first-order valence-electron chi connectivity index (χ1n) is 6.81. The highest BCUT2D eigenvalue weighted by Crippen LogP contribution is 2.28. The van der Waals surface area contributed by atoms with E-state index < -0.39 is 0 Å². The van der Waals surface area contributed by atoms with Gasteiger partial charge in [0.15, 0.2) is 0 Å². The first-order valence-corrected chi connectivity index (χ1v) is 6.81. The van der Waals surface area contributed by atoms with Crippen molar-refractivity contribution >= 4 is 0 Å². The molecule has 2 rings (SSSR count). The summed E-state index contributed by atoms with van der Waals surface area (Å²) >= 11 is 0. The van der Waals surface area contributed by atoms with Crippen molar-refractivity contribution in [2.24, 2.45) is 5.84 Å². The number of benzene rings is 2. The lowest BCUT2D eigenvalue weighted by Gasteiger charge is -2.20. The van der Waals surface area contributed by atoms with E-state index in [-0.39, 0.29) is 6.04 Å². The van der Waals surface area contributed by atoms with Crippen LogP contribution in [0.25, 0.3) is 0 Å². The minimum absolute atomic E-state index is 0.0339. The summed E-state index contributed by atoms with van der Waals surface area (Å²) in [6, 6.07) is 14.6. The molecule has 0 fully saturated rings. The fourth-order valence-electron chi connectivity index (χ4n) is 2.42. The van der Waals surface area contributed by atoms with Gasteiger partial charge in [-0.3, -0.25) is 11.3 Å². The Bertz CT molecular complexity index is 581. The van der Waals surface area contributed by atoms with E-state index in [4.69, 9.17) is 10.6 Å². The van der Waals surface area contributed by atoms with Gasteiger partial charge in [-0.05, 0) is 43.0 Å². The maximum absolute atomic E-state index is 5.76. The van der Waals surface area contributed by atoms with Gasteiger partial charge in [0.1, 0.15) is 5.75 Å². The maximum atomic E-state index is 5.76. The maximum Gasteiger partial charge on any atom is 0.123 e. The highest BCUT2D eigenvalue weighted by molar-refractivity contribution is 5.40. The Morgan fingerprint density at radius 1 is 1.15 bits per heavy atom. The van der Waals surface area contributed by atoms with Crippen LogP contribution >= 0.6 is 0 Å². The largest absolute Gasteiger partial charge is 0.496 e. The first-order chi connectivity index (χ1) is 9.65. The second-order valence-corrected chi connectivity index (χ2v) is 5.10. The van der Waals surface area contributed by atoms with E-state index in [2.05, 4.69) is 55.7 Å². The third-order valence-corrected chi connectivity index (χ3v) is 3.65. The summed E-state index contributed by atoms with van der Waals surface area (Å²) in [5, 5.41) is 0. The van der Waals surface area contributed by atoms with Crippen LogP contribution in [0.4, 0.5) is 0 Å². The lowest BCUT2D eigenvalue weighted by molar-refractivity contribution is 0.398. The number of hydrazine groups is 1. The van der Waals surface area contributed by atoms with Gasteiger partial charge in [0.05, 0.1) is 13.2 Å². The number of nitrogens with one attached hydrogen (secondary N) is 1. The van der Waals surface area contributed by atoms with Crippen LogP contribution in [0.2, 0.25) is 0 Å². The van der Waals surface area contributed by atoms with E-state index in [1.165, 1.54) is 16.7 Å². The molecule has 20 heavy (non-hydrogen) atoms. The molecule has 0 spiro atoms. The van der Waals surface area contributed by atoms with Gasteiger partial charge in [0.25, 0.3) is 0 Å². The zero-order chi connectivity index (χ0) is 14.5. The summed E-state index contributed by atoms with van der Waals surface area (Å²) in [7, 11) is 1.69. The monoisotopic (exact) mass is 270 g/mol. The second kappa shape index (κ2) is 6.55. The molecule has 0 amide bonds. The van der Waals surface area contributed by atoms with Gasteiger partial charge in [0, 0.05) is 5.56 Å². The first kappa shape index (κ1) is 14.6. The predicted octanol–water partition coefficient (Wildman–Crippen LogP) is 3.06. The average molecular weight is 270 g/mol. The molecule has 0 aromatic heterocycles. The number of hydrogen-bond acceptors (Lipinski definition) is 3. The Kier molecular flexibility index (Phi) is 4.77. The van der Waals surface area contributed by atoms with Crippen molar-refractivity contribution in [1.29, 1.82) is 0 Å². The zero-order valence-electron chi connectivity index (χ0n) is 12.3. The van der Waals surface area contributed by atoms with Crippen molar-refractivity contribution in [3.8, 4) is 5.75 Å². The number of aryl methyl sites for hydroxylation is 2. The zero-order valence-corrected chi connectivity index (χ0v) is 12.3. The third-order valence-electron chi connectivity index (χ3n) is 3.65. The molecule has 0 heterocycles. The Labute approximate surface area is 120 Å². The van der Waals surface area contributed by atoms with Crippen LogP contribution in [0.15, 0.2) is 42.5 Å². The summed E-state index contributed by atoms with van der Waals surface area (Å²) < 4.78 is 5.48. The van der Waals surface area contributed by atoms with E-state index in [9.17, 15) is 0 Å². The summed E-state index contributed by atoms with van der Waals surface area (Å²) in [4.78, 5) is 0. The molecule has 106 valence electrons. The Balaban J connectivity index is 2.31. The predicted molar refractivity (Wildman–Crippen MR) is 82.7 cm³/mol. The summed E-state index contributed by atoms with van der Waals surface area (Å²) in [6.45, 7) is 4.17. The number of nitrogens with two attached hydrogens (primary N) is 1. The molecule has 0 aliphatic rings. The van der Waals surface area contributed by atoms with Crippen LogP contribution in [0.1, 0.15) is 28.3 Å². The van der Waals surface area contributed by atoms with Gasteiger partial charge >= 0.3 is 0 Å². The van der Waals surface area contributed by atoms with Crippen LogP contribution in [0.3, 0.4) is 0 Å². The molecule has 0 saturated carbocycles. The lowest BCUT2D eigenvalue weighted by Crippen LogP contribution is -2.30. The standard InChI is InChI=1S/C17H22N2O/c1-12-8-9-15(17(10-12)20-3)16(19-18)11-14-7-5-4-6-13(14)2/h4-10,16,19H,11,18H2,1-3H3. The van der Waals surface area contributed by atoms with Crippen molar-refractivity contribution in [3.05, 3.63) is 64.7 Å². The molecule has 0 radical (unpaired) electrons. The molecule has 1 unspecified atom stereocenters. The Morgan fingerprint density at radius 2 is 1.90 bits per heavy atom. The molecule has 0 aliphatic heterocycles. The minimum atomic E-state index is 0.0339. The third kappa shape index (κ3) is 3.18. The van der Waals surface area contributed by atoms with Gasteiger partial charge in [-0.15, -0.1) is 0 Å². The van der Waals surface area contributed by atoms with Crippen LogP contribution in [-0.2, 0) is 6.42 Å². The normalized spacial score (nSPS) is 12.2. The number of hydrogen-bond donors (Lipinski definition) is 2. The van der Waals surface area contributed by atoms with Crippen molar-refractivity contribution < 1.29 is 4.74 Å². The van der Waals surface area contributed by atoms with Gasteiger partial charge < -0.3 is 4.74 Å². The fourth-order valence-corrected chi connectivity index (χ4v) is 2.42. The van der Waals surface area contributed by atoms with E-state index in [1.54, 1.807) is 7.11 Å². The molecule has 0 saturated heterocycles. The van der Waals surface area contributed by atoms with E-state index in [0.717, 1.165) is 17.7 Å². The number of rotatable bonds is 5. The Hall–Kier alpha value is -1.84. The molecule has 2 aromatic carbocycles. The van der Waals surface area contributed by atoms with E-state index >= 15 is 0 Å². The van der Waals surface area contributed by atoms with Crippen molar-refractivity contribution in [1.82, 2.24) is 5.43 Å². The van der Waals surface area contributed by atoms with Crippen LogP contribution in [-0.4, -0.2) is 7.11 Å². The molecular formula is C17H22N2O. The van der Waals surface area contributed by atoms with E-state index in [1.807, 2.05) is 6.07 Å². The summed E-state index contributed by atoms with van der Waals surface area (Å²) in [5.41, 5.74) is 7.74. The molecule has 3 N–H and O–H groups in total. The topological polar surface area (TPSA) is 47.3 Å². The van der Waals surface area contributed by atoms with Gasteiger partial charge in [0.2, 0.25) is 0 Å². The molecular weight excluding hydrogens is 248 g/mol. The van der Waals surface area contributed by atoms with Crippen molar-refractivity contribution in [2.75, 3.05) is 7.11 Å². The minimum Gasteiger partial charge on any atom is -0.496 e. The molecule has 3 heteroatoms. The smallest absolute Gasteiger partial charge is 0.123 e. The molecule has 3 nitrogen and oxygen atoms in total. The highest BCUT2D eigenvalue weighted by atomic mass is 16.5. The number of ether oxygens (including phenoxy) is 1. The van der Waals surface area contributed by atoms with Crippen LogP contribution in [0.5, 0.6) is 5.75 Å². The quantitative estimate of drug-likeness (QED) is 0.648. The van der Waals surface area contributed by atoms with Crippen LogP contribution < -0.4 is 16.0 Å². The van der Waals surface area contributed by atoms with Crippen molar-refractivity contribution in [2.45, 2.75) is 26.3 Å². The summed E-state index contributed by atoms with van der Waals surface area (Å²) in [5.74, 6) is 6.64. The van der Waals surface area contributed by atoms with Gasteiger partial charge in [-0.1, -0.05) is 36.4 Å². The molecule has 2 aromatic rings. The highest BCUT2D eigenvalue weighted by Gasteiger charge is 2.16. The SMILES string of the molecule is COc1cc(C)ccc1C(Cc1ccccc1C)NN. The van der Waals surface area contributed by atoms with Crippen LogP contribution in [0, 0.1) is 13.8 Å². The number of methoxy groups -OCH3 is 1. The molecule has 0 bridgehead atoms. The van der Waals surface area contributed by atoms with Crippen molar-refractivity contribution in [3.63, 3.8) is 0 Å². The van der Waals surface area contributed by atoms with Gasteiger partial charge in [-0.25, -0.2) is 0 Å². The molecule has 1 atom stereocenters. The lowest BCUT2D eigenvalue weighted by atomic mass is 9.95. The van der Waals surface area contributed by atoms with Gasteiger partial charge in [-0.2, -0.15) is 0 Å². The van der Waals surface area contributed by atoms with E-state index in [0.29, 0.717) is 0 Å². The average Bonchev–Trinajstić information content (AvgIpc) is 2.46. The second-order valence-electron chi connectivity index (χ2n) is 5.10. The fraction of sp³-hybridized carbons (Fsp3) is 0.294. The molecule has 0 aliphatic carbocycles.